The molecule has 1 saturated heterocycles. The SMILES string of the molecule is Cc1cccc(-c2ccc(S(=O)(=O)N3CCN(C(=O)c4ccccc4)CC3C)s2)n1. The number of sulfonamides is 1. The van der Waals surface area contributed by atoms with Gasteiger partial charge in [-0.05, 0) is 50.2 Å². The topological polar surface area (TPSA) is 70.6 Å². The van der Waals surface area contributed by atoms with Crippen molar-refractivity contribution in [3.63, 3.8) is 0 Å². The molecule has 3 heterocycles. The van der Waals surface area contributed by atoms with Gasteiger partial charge in [0.2, 0.25) is 0 Å². The van der Waals surface area contributed by atoms with Crippen molar-refractivity contribution in [3.8, 4) is 10.6 Å². The van der Waals surface area contributed by atoms with Crippen molar-refractivity contribution in [1.82, 2.24) is 14.2 Å². The fourth-order valence-electron chi connectivity index (χ4n) is 3.64. The summed E-state index contributed by atoms with van der Waals surface area (Å²) >= 11 is 1.23. The minimum atomic E-state index is -3.64. The second-order valence-corrected chi connectivity index (χ2v) is 10.6. The quantitative estimate of drug-likeness (QED) is 0.620. The molecule has 1 aromatic carbocycles. The van der Waals surface area contributed by atoms with Gasteiger partial charge in [0.25, 0.3) is 15.9 Å². The molecule has 4 rings (SSSR count). The van der Waals surface area contributed by atoms with E-state index in [9.17, 15) is 13.2 Å². The van der Waals surface area contributed by atoms with E-state index in [0.29, 0.717) is 22.9 Å². The summed E-state index contributed by atoms with van der Waals surface area (Å²) < 4.78 is 28.3. The first-order valence-corrected chi connectivity index (χ1v) is 12.0. The largest absolute Gasteiger partial charge is 0.336 e. The molecule has 0 aliphatic carbocycles. The van der Waals surface area contributed by atoms with Crippen molar-refractivity contribution in [2.75, 3.05) is 19.6 Å². The number of nitrogens with zero attached hydrogens (tertiary/aromatic N) is 3. The van der Waals surface area contributed by atoms with Gasteiger partial charge in [0.1, 0.15) is 4.21 Å². The van der Waals surface area contributed by atoms with Crippen LogP contribution in [-0.4, -0.2) is 54.2 Å². The molecule has 1 aliphatic heterocycles. The Morgan fingerprint density at radius 2 is 1.80 bits per heavy atom. The van der Waals surface area contributed by atoms with Gasteiger partial charge in [-0.25, -0.2) is 8.42 Å². The Morgan fingerprint density at radius 1 is 1.03 bits per heavy atom. The van der Waals surface area contributed by atoms with Crippen molar-refractivity contribution in [2.24, 2.45) is 0 Å². The molecule has 0 radical (unpaired) electrons. The maximum absolute atomic E-state index is 13.3. The molecule has 156 valence electrons. The van der Waals surface area contributed by atoms with E-state index in [1.807, 2.05) is 50.2 Å². The molecule has 1 amide bonds. The van der Waals surface area contributed by atoms with Crippen LogP contribution in [0, 0.1) is 6.92 Å². The zero-order chi connectivity index (χ0) is 21.3. The number of rotatable bonds is 4. The third-order valence-electron chi connectivity index (χ3n) is 5.16. The van der Waals surface area contributed by atoms with Crippen molar-refractivity contribution in [3.05, 3.63) is 71.9 Å². The highest BCUT2D eigenvalue weighted by molar-refractivity contribution is 7.91. The normalized spacial score (nSPS) is 17.8. The molecule has 0 N–H and O–H groups in total. The summed E-state index contributed by atoms with van der Waals surface area (Å²) in [5.41, 5.74) is 2.28. The molecule has 3 aromatic rings. The van der Waals surface area contributed by atoms with Crippen LogP contribution in [0.1, 0.15) is 23.0 Å². The number of thiophene rings is 1. The van der Waals surface area contributed by atoms with Gasteiger partial charge >= 0.3 is 0 Å². The Labute approximate surface area is 180 Å². The van der Waals surface area contributed by atoms with E-state index in [-0.39, 0.29) is 18.5 Å². The number of hydrogen-bond donors (Lipinski definition) is 0. The zero-order valence-electron chi connectivity index (χ0n) is 16.9. The van der Waals surface area contributed by atoms with Crippen LogP contribution >= 0.6 is 11.3 Å². The van der Waals surface area contributed by atoms with Crippen LogP contribution in [0.5, 0.6) is 0 Å². The molecule has 1 aliphatic rings. The lowest BCUT2D eigenvalue weighted by Gasteiger charge is -2.38. The summed E-state index contributed by atoms with van der Waals surface area (Å²) in [4.78, 5) is 19.7. The van der Waals surface area contributed by atoms with Gasteiger partial charge in [-0.3, -0.25) is 9.78 Å². The van der Waals surface area contributed by atoms with Gasteiger partial charge in [-0.15, -0.1) is 11.3 Å². The number of hydrogen-bond acceptors (Lipinski definition) is 5. The predicted molar refractivity (Wildman–Crippen MR) is 118 cm³/mol. The first-order valence-electron chi connectivity index (χ1n) is 9.76. The fraction of sp³-hybridized carbons (Fsp3) is 0.273. The van der Waals surface area contributed by atoms with E-state index in [2.05, 4.69) is 4.98 Å². The average molecular weight is 442 g/mol. The molecular weight excluding hydrogens is 418 g/mol. The number of pyridine rings is 1. The van der Waals surface area contributed by atoms with Crippen molar-refractivity contribution < 1.29 is 13.2 Å². The number of aryl methyl sites for hydroxylation is 1. The predicted octanol–water partition coefficient (Wildman–Crippen LogP) is 3.65. The van der Waals surface area contributed by atoms with Crippen LogP contribution in [0.25, 0.3) is 10.6 Å². The van der Waals surface area contributed by atoms with Gasteiger partial charge < -0.3 is 4.90 Å². The van der Waals surface area contributed by atoms with E-state index < -0.39 is 10.0 Å². The van der Waals surface area contributed by atoms with E-state index >= 15 is 0 Å². The molecule has 2 aromatic heterocycles. The molecule has 8 heteroatoms. The zero-order valence-corrected chi connectivity index (χ0v) is 18.5. The highest BCUT2D eigenvalue weighted by Crippen LogP contribution is 2.32. The van der Waals surface area contributed by atoms with E-state index in [1.165, 1.54) is 15.6 Å². The van der Waals surface area contributed by atoms with Gasteiger partial charge in [0, 0.05) is 36.9 Å². The maximum atomic E-state index is 13.3. The second kappa shape index (κ2) is 8.29. The number of carbonyl (C=O) groups excluding carboxylic acids is 1. The highest BCUT2D eigenvalue weighted by Gasteiger charge is 2.36. The Kier molecular flexibility index (Phi) is 5.73. The van der Waals surface area contributed by atoms with Crippen molar-refractivity contribution in [1.29, 1.82) is 0 Å². The van der Waals surface area contributed by atoms with Crippen LogP contribution in [0.4, 0.5) is 0 Å². The summed E-state index contributed by atoms with van der Waals surface area (Å²) in [5.74, 6) is -0.0663. The molecule has 1 unspecified atom stereocenters. The summed E-state index contributed by atoms with van der Waals surface area (Å²) in [6.45, 7) is 4.77. The van der Waals surface area contributed by atoms with Crippen LogP contribution < -0.4 is 0 Å². The number of piperazine rings is 1. The molecule has 0 spiro atoms. The Morgan fingerprint density at radius 3 is 2.50 bits per heavy atom. The standard InChI is InChI=1S/C22H23N3O3S2/c1-16-7-6-10-19(23-16)20-11-12-21(29-20)30(27,28)25-14-13-24(15-17(25)2)22(26)18-8-4-3-5-9-18/h3-12,17H,13-15H2,1-2H3. The Bertz CT molecular complexity index is 1160. The Balaban J connectivity index is 1.51. The van der Waals surface area contributed by atoms with Gasteiger partial charge in [0.05, 0.1) is 10.6 Å². The van der Waals surface area contributed by atoms with Crippen LogP contribution in [-0.2, 0) is 10.0 Å². The smallest absolute Gasteiger partial charge is 0.253 e. The molecule has 1 fully saturated rings. The molecule has 0 bridgehead atoms. The fourth-order valence-corrected chi connectivity index (χ4v) is 6.66. The summed E-state index contributed by atoms with van der Waals surface area (Å²) in [5, 5.41) is 0. The Hall–Kier alpha value is -2.55. The van der Waals surface area contributed by atoms with Gasteiger partial charge in [-0.1, -0.05) is 24.3 Å². The van der Waals surface area contributed by atoms with Gasteiger partial charge in [-0.2, -0.15) is 4.31 Å². The van der Waals surface area contributed by atoms with E-state index in [1.54, 1.807) is 29.2 Å². The second-order valence-electron chi connectivity index (χ2n) is 7.36. The lowest BCUT2D eigenvalue weighted by Crippen LogP contribution is -2.55. The summed E-state index contributed by atoms with van der Waals surface area (Å²) in [6.07, 6.45) is 0. The van der Waals surface area contributed by atoms with Crippen molar-refractivity contribution in [2.45, 2.75) is 24.1 Å². The van der Waals surface area contributed by atoms with Crippen LogP contribution in [0.2, 0.25) is 0 Å². The minimum Gasteiger partial charge on any atom is -0.336 e. The first kappa shape index (κ1) is 20.7. The van der Waals surface area contributed by atoms with Gasteiger partial charge in [0.15, 0.2) is 0 Å². The van der Waals surface area contributed by atoms with E-state index in [0.717, 1.165) is 16.3 Å². The lowest BCUT2D eigenvalue weighted by molar-refractivity contribution is 0.0642. The lowest BCUT2D eigenvalue weighted by atomic mass is 10.1. The molecule has 0 saturated carbocycles. The number of carbonyl (C=O) groups is 1. The summed E-state index contributed by atoms with van der Waals surface area (Å²) in [6, 6.07) is 17.9. The molecular formula is C22H23N3O3S2. The summed E-state index contributed by atoms with van der Waals surface area (Å²) in [7, 11) is -3.64. The number of benzene rings is 1. The first-order chi connectivity index (χ1) is 14.4. The third-order valence-corrected chi connectivity index (χ3v) is 8.75. The number of amides is 1. The highest BCUT2D eigenvalue weighted by atomic mass is 32.2. The van der Waals surface area contributed by atoms with Crippen molar-refractivity contribution >= 4 is 27.3 Å². The van der Waals surface area contributed by atoms with Crippen LogP contribution in [0.15, 0.2) is 64.9 Å². The molecule has 6 nitrogen and oxygen atoms in total. The number of aromatic nitrogens is 1. The van der Waals surface area contributed by atoms with E-state index in [4.69, 9.17) is 0 Å². The minimum absolute atomic E-state index is 0.0663. The average Bonchev–Trinajstić information content (AvgIpc) is 3.25. The molecule has 30 heavy (non-hydrogen) atoms. The monoisotopic (exact) mass is 441 g/mol. The third kappa shape index (κ3) is 4.03. The van der Waals surface area contributed by atoms with Crippen LogP contribution in [0.3, 0.4) is 0 Å². The maximum Gasteiger partial charge on any atom is 0.253 e. The molecule has 1 atom stereocenters.